The fraction of sp³-hybridized carbons (Fsp3) is 0.0612. The second-order valence-corrected chi connectivity index (χ2v) is 14.6. The van der Waals surface area contributed by atoms with Crippen LogP contribution < -0.4 is 0 Å². The van der Waals surface area contributed by atoms with Crippen LogP contribution in [0.15, 0.2) is 170 Å². The van der Waals surface area contributed by atoms with Crippen LogP contribution in [0.1, 0.15) is 25.0 Å². The Kier molecular flexibility index (Phi) is 6.27. The minimum atomic E-state index is -0.0564. The van der Waals surface area contributed by atoms with Gasteiger partial charge in [0, 0.05) is 49.8 Å². The third-order valence-corrected chi connectivity index (χ3v) is 11.4. The quantitative estimate of drug-likeness (QED) is 0.186. The van der Waals surface area contributed by atoms with Crippen LogP contribution in [-0.2, 0) is 5.41 Å². The Hall–Kier alpha value is -6.78. The minimum Gasteiger partial charge on any atom is -0.309 e. The van der Waals surface area contributed by atoms with E-state index in [-0.39, 0.29) is 5.41 Å². The van der Waals surface area contributed by atoms with Gasteiger partial charge in [0.15, 0.2) is 5.82 Å². The molecule has 53 heavy (non-hydrogen) atoms. The highest BCUT2D eigenvalue weighted by Crippen LogP contribution is 2.53. The topological polar surface area (TPSA) is 35.6 Å². The normalized spacial score (nSPS) is 13.2. The summed E-state index contributed by atoms with van der Waals surface area (Å²) < 4.78 is 4.69. The van der Waals surface area contributed by atoms with E-state index in [1.54, 1.807) is 0 Å². The molecule has 7 aromatic carbocycles. The number of aromatic nitrogens is 4. The van der Waals surface area contributed by atoms with Crippen molar-refractivity contribution in [2.45, 2.75) is 19.3 Å². The van der Waals surface area contributed by atoms with Crippen LogP contribution in [0.4, 0.5) is 0 Å². The van der Waals surface area contributed by atoms with Gasteiger partial charge in [-0.25, -0.2) is 9.97 Å². The Balaban J connectivity index is 1.10. The molecule has 1 aliphatic carbocycles. The Morgan fingerprint density at radius 2 is 1.06 bits per heavy atom. The third-order valence-electron chi connectivity index (χ3n) is 11.4. The monoisotopic (exact) mass is 678 g/mol. The van der Waals surface area contributed by atoms with Crippen molar-refractivity contribution in [3.05, 3.63) is 181 Å². The molecular formula is C49H34N4. The van der Waals surface area contributed by atoms with Gasteiger partial charge < -0.3 is 4.57 Å². The van der Waals surface area contributed by atoms with Crippen LogP contribution in [0.3, 0.4) is 0 Å². The number of benzene rings is 7. The van der Waals surface area contributed by atoms with E-state index < -0.39 is 0 Å². The molecule has 0 fully saturated rings. The summed E-state index contributed by atoms with van der Waals surface area (Å²) in [4.78, 5) is 10.4. The highest BCUT2D eigenvalue weighted by molar-refractivity contribution is 6.18. The molecule has 250 valence electrons. The smallest absolute Gasteiger partial charge is 0.162 e. The van der Waals surface area contributed by atoms with Crippen molar-refractivity contribution >= 4 is 43.6 Å². The molecule has 0 amide bonds. The van der Waals surface area contributed by atoms with Crippen molar-refractivity contribution in [2.75, 3.05) is 0 Å². The second-order valence-electron chi connectivity index (χ2n) is 14.6. The van der Waals surface area contributed by atoms with Gasteiger partial charge >= 0.3 is 0 Å². The average Bonchev–Trinajstić information content (AvgIpc) is 3.81. The lowest BCUT2D eigenvalue weighted by Gasteiger charge is -2.21. The Labute approximate surface area is 307 Å². The highest BCUT2D eigenvalue weighted by atomic mass is 15.1. The predicted molar refractivity (Wildman–Crippen MR) is 219 cm³/mol. The van der Waals surface area contributed by atoms with E-state index in [9.17, 15) is 0 Å². The molecule has 3 aromatic heterocycles. The average molecular weight is 679 g/mol. The van der Waals surface area contributed by atoms with Crippen molar-refractivity contribution < 1.29 is 0 Å². The van der Waals surface area contributed by atoms with E-state index in [2.05, 4.69) is 175 Å². The number of nitrogens with zero attached hydrogens (tertiary/aromatic N) is 4. The van der Waals surface area contributed by atoms with Crippen molar-refractivity contribution in [1.29, 1.82) is 0 Å². The molecule has 0 aliphatic heterocycles. The fourth-order valence-electron chi connectivity index (χ4n) is 8.89. The van der Waals surface area contributed by atoms with Crippen molar-refractivity contribution in [3.8, 4) is 45.3 Å². The molecule has 0 bridgehead atoms. The summed E-state index contributed by atoms with van der Waals surface area (Å²) in [5.74, 6) is 1.54. The zero-order valence-electron chi connectivity index (χ0n) is 29.5. The zero-order chi connectivity index (χ0) is 35.3. The van der Waals surface area contributed by atoms with E-state index in [1.165, 1.54) is 54.8 Å². The van der Waals surface area contributed by atoms with E-state index in [0.29, 0.717) is 5.82 Å². The number of hydrogen-bond acceptors (Lipinski definition) is 2. The van der Waals surface area contributed by atoms with Gasteiger partial charge in [0.25, 0.3) is 0 Å². The summed E-state index contributed by atoms with van der Waals surface area (Å²) >= 11 is 0. The molecule has 11 rings (SSSR count). The molecule has 0 spiro atoms. The van der Waals surface area contributed by atoms with Crippen LogP contribution in [0.2, 0.25) is 0 Å². The molecule has 4 nitrogen and oxygen atoms in total. The summed E-state index contributed by atoms with van der Waals surface area (Å²) in [7, 11) is 0. The molecule has 10 aromatic rings. The molecule has 0 saturated carbocycles. The van der Waals surface area contributed by atoms with Crippen LogP contribution in [0, 0.1) is 0 Å². The van der Waals surface area contributed by atoms with Gasteiger partial charge in [-0.15, -0.1) is 0 Å². The SMILES string of the molecule is CC1(C)c2ccccc2-c2c1ccc1c2c2ccccc2n1-c1ccc(-c2cc(-n3c4ccccc4c4ccccc43)nc(-c3ccccc3)n2)cc1. The summed E-state index contributed by atoms with van der Waals surface area (Å²) in [5, 5.41) is 5.00. The number of hydrogen-bond donors (Lipinski definition) is 0. The molecule has 0 radical (unpaired) electrons. The van der Waals surface area contributed by atoms with Crippen LogP contribution >= 0.6 is 0 Å². The first-order chi connectivity index (χ1) is 26.1. The predicted octanol–water partition coefficient (Wildman–Crippen LogP) is 12.3. The van der Waals surface area contributed by atoms with Crippen molar-refractivity contribution in [1.82, 2.24) is 19.1 Å². The maximum absolute atomic E-state index is 5.20. The van der Waals surface area contributed by atoms with Gasteiger partial charge in [0.2, 0.25) is 0 Å². The first kappa shape index (κ1) is 29.9. The molecule has 3 heterocycles. The van der Waals surface area contributed by atoms with Crippen LogP contribution in [0.25, 0.3) is 88.9 Å². The van der Waals surface area contributed by atoms with Gasteiger partial charge in [-0.2, -0.15) is 0 Å². The Bertz CT molecular complexity index is 3020. The van der Waals surface area contributed by atoms with Gasteiger partial charge in [0.1, 0.15) is 5.82 Å². The largest absolute Gasteiger partial charge is 0.309 e. The standard InChI is InChI=1S/C49H34N4/c1-49(2)38-20-10-6-18-36(38)46-39(49)28-29-44-47(46)37-19-9-13-23-43(37)52(44)33-26-24-31(25-27-33)40-30-45(51-48(50-40)32-14-4-3-5-15-32)53-41-21-11-7-16-34(41)35-17-8-12-22-42(35)53/h3-30H,1-2H3. The van der Waals surface area contributed by atoms with E-state index in [1.807, 2.05) is 18.2 Å². The maximum Gasteiger partial charge on any atom is 0.162 e. The van der Waals surface area contributed by atoms with Gasteiger partial charge in [-0.1, -0.05) is 141 Å². The molecule has 4 heteroatoms. The van der Waals surface area contributed by atoms with Gasteiger partial charge in [0.05, 0.1) is 27.8 Å². The number of para-hydroxylation sites is 3. The highest BCUT2D eigenvalue weighted by Gasteiger charge is 2.37. The van der Waals surface area contributed by atoms with Crippen molar-refractivity contribution in [2.24, 2.45) is 0 Å². The van der Waals surface area contributed by atoms with Gasteiger partial charge in [-0.3, -0.25) is 4.57 Å². The lowest BCUT2D eigenvalue weighted by Crippen LogP contribution is -2.14. The summed E-state index contributed by atoms with van der Waals surface area (Å²) in [6.45, 7) is 4.70. The third kappa shape index (κ3) is 4.30. The van der Waals surface area contributed by atoms with E-state index in [0.717, 1.165) is 39.4 Å². The summed E-state index contributed by atoms with van der Waals surface area (Å²) in [6, 6.07) is 60.8. The number of rotatable bonds is 4. The Morgan fingerprint density at radius 1 is 0.453 bits per heavy atom. The molecular weight excluding hydrogens is 645 g/mol. The van der Waals surface area contributed by atoms with Crippen molar-refractivity contribution in [3.63, 3.8) is 0 Å². The van der Waals surface area contributed by atoms with Crippen LogP contribution in [0.5, 0.6) is 0 Å². The molecule has 0 N–H and O–H groups in total. The van der Waals surface area contributed by atoms with Gasteiger partial charge in [-0.05, 0) is 58.7 Å². The zero-order valence-corrected chi connectivity index (χ0v) is 29.5. The van der Waals surface area contributed by atoms with E-state index >= 15 is 0 Å². The molecule has 1 aliphatic rings. The molecule has 0 unspecified atom stereocenters. The Morgan fingerprint density at radius 3 is 1.77 bits per heavy atom. The summed E-state index contributed by atoms with van der Waals surface area (Å²) in [6.07, 6.45) is 0. The summed E-state index contributed by atoms with van der Waals surface area (Å²) in [5.41, 5.74) is 14.1. The molecule has 0 saturated heterocycles. The first-order valence-corrected chi connectivity index (χ1v) is 18.3. The molecule has 0 atom stereocenters. The number of fused-ring (bicyclic) bond motifs is 10. The first-order valence-electron chi connectivity index (χ1n) is 18.3. The lowest BCUT2D eigenvalue weighted by molar-refractivity contribution is 0.661. The van der Waals surface area contributed by atoms with Crippen LogP contribution in [-0.4, -0.2) is 19.1 Å². The fourth-order valence-corrected chi connectivity index (χ4v) is 8.89. The van der Waals surface area contributed by atoms with E-state index in [4.69, 9.17) is 9.97 Å². The minimum absolute atomic E-state index is 0.0564. The maximum atomic E-state index is 5.20. The second kappa shape index (κ2) is 11.1. The lowest BCUT2D eigenvalue weighted by atomic mass is 9.82.